The SMILES string of the molecule is Cc1nn(C)c(Cl)c1C(=O)NNC(=O)c1ccc(C(C)(C)C)cc1. The highest BCUT2D eigenvalue weighted by molar-refractivity contribution is 6.33. The van der Waals surface area contributed by atoms with Gasteiger partial charge in [0.25, 0.3) is 11.8 Å². The number of hydrogen-bond donors (Lipinski definition) is 2. The van der Waals surface area contributed by atoms with E-state index < -0.39 is 11.8 Å². The van der Waals surface area contributed by atoms with E-state index in [9.17, 15) is 9.59 Å². The normalized spacial score (nSPS) is 11.2. The summed E-state index contributed by atoms with van der Waals surface area (Å²) in [6.07, 6.45) is 0. The van der Waals surface area contributed by atoms with Crippen LogP contribution in [0.15, 0.2) is 24.3 Å². The van der Waals surface area contributed by atoms with Crippen LogP contribution in [0.3, 0.4) is 0 Å². The molecule has 1 heterocycles. The van der Waals surface area contributed by atoms with Gasteiger partial charge in [-0.3, -0.25) is 25.1 Å². The van der Waals surface area contributed by atoms with Crippen LogP contribution in [0.4, 0.5) is 0 Å². The summed E-state index contributed by atoms with van der Waals surface area (Å²) in [5.41, 5.74) is 7.07. The van der Waals surface area contributed by atoms with Gasteiger partial charge in [0.05, 0.1) is 5.69 Å². The van der Waals surface area contributed by atoms with E-state index in [1.807, 2.05) is 12.1 Å². The van der Waals surface area contributed by atoms with E-state index >= 15 is 0 Å². The fraction of sp³-hybridized carbons (Fsp3) is 0.353. The summed E-state index contributed by atoms with van der Waals surface area (Å²) in [6, 6.07) is 7.26. The molecule has 24 heavy (non-hydrogen) atoms. The van der Waals surface area contributed by atoms with Crippen molar-refractivity contribution in [3.63, 3.8) is 0 Å². The number of nitrogens with one attached hydrogen (secondary N) is 2. The average Bonchev–Trinajstić information content (AvgIpc) is 2.76. The molecule has 0 spiro atoms. The van der Waals surface area contributed by atoms with Crippen molar-refractivity contribution in [2.75, 3.05) is 0 Å². The van der Waals surface area contributed by atoms with Gasteiger partial charge < -0.3 is 0 Å². The molecule has 2 aromatic rings. The number of aromatic nitrogens is 2. The lowest BCUT2D eigenvalue weighted by Gasteiger charge is -2.19. The fourth-order valence-electron chi connectivity index (χ4n) is 2.26. The van der Waals surface area contributed by atoms with E-state index in [0.717, 1.165) is 5.56 Å². The topological polar surface area (TPSA) is 76.0 Å². The molecule has 0 aliphatic heterocycles. The van der Waals surface area contributed by atoms with Crippen molar-refractivity contribution in [3.05, 3.63) is 51.8 Å². The van der Waals surface area contributed by atoms with Crippen molar-refractivity contribution in [2.24, 2.45) is 7.05 Å². The van der Waals surface area contributed by atoms with Crippen LogP contribution in [0.5, 0.6) is 0 Å². The summed E-state index contributed by atoms with van der Waals surface area (Å²) in [5, 5.41) is 4.28. The zero-order valence-corrected chi connectivity index (χ0v) is 15.2. The van der Waals surface area contributed by atoms with Crippen LogP contribution in [-0.4, -0.2) is 21.6 Å². The minimum atomic E-state index is -0.509. The Balaban J connectivity index is 2.04. The van der Waals surface area contributed by atoms with Crippen molar-refractivity contribution in [1.29, 1.82) is 0 Å². The molecule has 0 aliphatic rings. The first-order valence-electron chi connectivity index (χ1n) is 7.51. The summed E-state index contributed by atoms with van der Waals surface area (Å²) in [5.74, 6) is -0.910. The number of benzene rings is 1. The second-order valence-electron chi connectivity index (χ2n) is 6.61. The molecule has 0 bridgehead atoms. The van der Waals surface area contributed by atoms with E-state index in [0.29, 0.717) is 11.3 Å². The largest absolute Gasteiger partial charge is 0.274 e. The van der Waals surface area contributed by atoms with E-state index in [1.165, 1.54) is 4.68 Å². The Morgan fingerprint density at radius 1 is 1.08 bits per heavy atom. The number of rotatable bonds is 2. The summed E-state index contributed by atoms with van der Waals surface area (Å²) in [7, 11) is 1.64. The van der Waals surface area contributed by atoms with Crippen LogP contribution in [0.2, 0.25) is 5.15 Å². The quantitative estimate of drug-likeness (QED) is 0.819. The fourth-order valence-corrected chi connectivity index (χ4v) is 2.52. The van der Waals surface area contributed by atoms with Crippen molar-refractivity contribution in [3.8, 4) is 0 Å². The number of carbonyl (C=O) groups excluding carboxylic acids is 2. The first-order valence-corrected chi connectivity index (χ1v) is 7.89. The third-order valence-electron chi connectivity index (χ3n) is 3.68. The minimum Gasteiger partial charge on any atom is -0.267 e. The van der Waals surface area contributed by atoms with E-state index in [1.54, 1.807) is 26.1 Å². The molecule has 0 fully saturated rings. The molecule has 0 unspecified atom stereocenters. The molecule has 1 aromatic carbocycles. The summed E-state index contributed by atoms with van der Waals surface area (Å²) >= 11 is 6.03. The van der Waals surface area contributed by atoms with Crippen molar-refractivity contribution in [1.82, 2.24) is 20.6 Å². The molecule has 128 valence electrons. The minimum absolute atomic E-state index is 0.0117. The third-order valence-corrected chi connectivity index (χ3v) is 4.12. The Bertz CT molecular complexity index is 773. The van der Waals surface area contributed by atoms with Crippen molar-refractivity contribution in [2.45, 2.75) is 33.1 Å². The summed E-state index contributed by atoms with van der Waals surface area (Å²) in [4.78, 5) is 24.3. The number of aryl methyl sites for hydroxylation is 2. The smallest absolute Gasteiger partial charge is 0.267 e. The molecule has 1 aromatic heterocycles. The van der Waals surface area contributed by atoms with Crippen LogP contribution in [0.25, 0.3) is 0 Å². The third kappa shape index (κ3) is 3.76. The second kappa shape index (κ2) is 6.65. The first-order chi connectivity index (χ1) is 11.1. The van der Waals surface area contributed by atoms with Gasteiger partial charge in [-0.05, 0) is 30.0 Å². The molecule has 7 heteroatoms. The Morgan fingerprint density at radius 2 is 1.62 bits per heavy atom. The maximum atomic E-state index is 12.2. The summed E-state index contributed by atoms with van der Waals surface area (Å²) in [6.45, 7) is 7.97. The van der Waals surface area contributed by atoms with Crippen LogP contribution in [0.1, 0.15) is 52.7 Å². The van der Waals surface area contributed by atoms with Crippen molar-refractivity contribution >= 4 is 23.4 Å². The van der Waals surface area contributed by atoms with Gasteiger partial charge in [-0.2, -0.15) is 5.10 Å². The first kappa shape index (κ1) is 18.0. The van der Waals surface area contributed by atoms with Gasteiger partial charge in [0.1, 0.15) is 10.7 Å². The Labute approximate surface area is 146 Å². The second-order valence-corrected chi connectivity index (χ2v) is 6.97. The number of amides is 2. The highest BCUT2D eigenvalue weighted by Gasteiger charge is 2.20. The lowest BCUT2D eigenvalue weighted by molar-refractivity contribution is 0.0846. The number of hydrazine groups is 1. The molecular formula is C17H21ClN4O2. The Hall–Kier alpha value is -2.34. The maximum absolute atomic E-state index is 12.2. The van der Waals surface area contributed by atoms with Crippen molar-refractivity contribution < 1.29 is 9.59 Å². The summed E-state index contributed by atoms with van der Waals surface area (Å²) < 4.78 is 1.40. The van der Waals surface area contributed by atoms with Crippen LogP contribution < -0.4 is 10.9 Å². The average molecular weight is 349 g/mol. The number of nitrogens with zero attached hydrogens (tertiary/aromatic N) is 2. The van der Waals surface area contributed by atoms with Gasteiger partial charge in [0.2, 0.25) is 0 Å². The van der Waals surface area contributed by atoms with E-state index in [4.69, 9.17) is 11.6 Å². The highest BCUT2D eigenvalue weighted by atomic mass is 35.5. The molecule has 2 N–H and O–H groups in total. The predicted molar refractivity (Wildman–Crippen MR) is 93.0 cm³/mol. The molecule has 0 saturated heterocycles. The van der Waals surface area contributed by atoms with Gasteiger partial charge in [-0.1, -0.05) is 44.5 Å². The zero-order chi connectivity index (χ0) is 18.1. The number of carbonyl (C=O) groups is 2. The molecule has 2 amide bonds. The molecular weight excluding hydrogens is 328 g/mol. The molecule has 6 nitrogen and oxygen atoms in total. The lowest BCUT2D eigenvalue weighted by atomic mass is 9.87. The van der Waals surface area contributed by atoms with Gasteiger partial charge in [0.15, 0.2) is 0 Å². The maximum Gasteiger partial charge on any atom is 0.274 e. The van der Waals surface area contributed by atoms with E-state index in [-0.39, 0.29) is 16.1 Å². The van der Waals surface area contributed by atoms with Gasteiger partial charge in [-0.25, -0.2) is 0 Å². The molecule has 0 saturated carbocycles. The standard InChI is InChI=1S/C17H21ClN4O2/c1-10-13(14(18)22(5)21-10)16(24)20-19-15(23)11-6-8-12(9-7-11)17(2,3)4/h6-9H,1-5H3,(H,19,23)(H,20,24). The van der Waals surface area contributed by atoms with Crippen LogP contribution in [-0.2, 0) is 12.5 Å². The Kier molecular flexibility index (Phi) is 4.99. The molecule has 0 atom stereocenters. The monoisotopic (exact) mass is 348 g/mol. The molecule has 0 aliphatic carbocycles. The van der Waals surface area contributed by atoms with Crippen LogP contribution >= 0.6 is 11.6 Å². The van der Waals surface area contributed by atoms with Gasteiger partial charge in [0, 0.05) is 12.6 Å². The van der Waals surface area contributed by atoms with Gasteiger partial charge >= 0.3 is 0 Å². The molecule has 0 radical (unpaired) electrons. The van der Waals surface area contributed by atoms with Crippen LogP contribution in [0, 0.1) is 6.92 Å². The number of hydrogen-bond acceptors (Lipinski definition) is 3. The Morgan fingerprint density at radius 3 is 2.08 bits per heavy atom. The van der Waals surface area contributed by atoms with E-state index in [2.05, 4.69) is 36.7 Å². The highest BCUT2D eigenvalue weighted by Crippen LogP contribution is 2.22. The van der Waals surface area contributed by atoms with Gasteiger partial charge in [-0.15, -0.1) is 0 Å². The lowest BCUT2D eigenvalue weighted by Crippen LogP contribution is -2.41. The zero-order valence-electron chi connectivity index (χ0n) is 14.4. The predicted octanol–water partition coefficient (Wildman–Crippen LogP) is 2.75. The number of halogens is 1. The molecule has 2 rings (SSSR count).